The largest absolute Gasteiger partial charge is 0.379 e. The average molecular weight is 530 g/mol. The van der Waals surface area contributed by atoms with E-state index in [1.165, 1.54) is 43.5 Å². The zero-order chi connectivity index (χ0) is 20.3. The fraction of sp³-hybridized carbons (Fsp3) is 0.696. The molecule has 0 radical (unpaired) electrons. The van der Waals surface area contributed by atoms with Crippen molar-refractivity contribution in [3.05, 3.63) is 35.4 Å². The van der Waals surface area contributed by atoms with E-state index in [0.29, 0.717) is 0 Å². The van der Waals surface area contributed by atoms with Crippen molar-refractivity contribution in [3.8, 4) is 0 Å². The molecule has 2 heterocycles. The van der Waals surface area contributed by atoms with Crippen LogP contribution in [0.4, 0.5) is 0 Å². The summed E-state index contributed by atoms with van der Waals surface area (Å²) in [6.45, 7) is 11.3. The van der Waals surface area contributed by atoms with Crippen LogP contribution in [-0.4, -0.2) is 74.8 Å². The molecule has 0 saturated carbocycles. The number of hydrogen-bond donors (Lipinski definition) is 2. The van der Waals surface area contributed by atoms with Crippen molar-refractivity contribution < 1.29 is 4.74 Å². The van der Waals surface area contributed by atoms with Crippen LogP contribution in [0.1, 0.15) is 43.7 Å². The summed E-state index contributed by atoms with van der Waals surface area (Å²) in [7, 11) is 1.84. The second-order valence-electron chi connectivity index (χ2n) is 8.30. The number of halogens is 1. The number of likely N-dealkylation sites (tertiary alicyclic amines) is 1. The molecular weight excluding hydrogens is 489 g/mol. The number of hydrogen-bond acceptors (Lipinski definition) is 4. The minimum absolute atomic E-state index is 0. The van der Waals surface area contributed by atoms with Crippen molar-refractivity contribution in [2.75, 3.05) is 53.0 Å². The number of benzene rings is 1. The summed E-state index contributed by atoms with van der Waals surface area (Å²) in [4.78, 5) is 9.46. The molecule has 0 spiro atoms. The zero-order valence-electron chi connectivity index (χ0n) is 18.7. The Hall–Kier alpha value is -0.900. The molecule has 0 amide bonds. The number of morpholine rings is 1. The van der Waals surface area contributed by atoms with E-state index >= 15 is 0 Å². The normalized spacial score (nSPS) is 21.1. The summed E-state index contributed by atoms with van der Waals surface area (Å²) >= 11 is 0. The summed E-state index contributed by atoms with van der Waals surface area (Å²) in [6.07, 6.45) is 5.24. The van der Waals surface area contributed by atoms with Crippen LogP contribution >= 0.6 is 24.0 Å². The van der Waals surface area contributed by atoms with E-state index in [2.05, 4.69) is 56.6 Å². The second-order valence-corrected chi connectivity index (χ2v) is 8.30. The van der Waals surface area contributed by atoms with Crippen molar-refractivity contribution in [1.82, 2.24) is 20.4 Å². The monoisotopic (exact) mass is 529 g/mol. The van der Waals surface area contributed by atoms with Crippen LogP contribution < -0.4 is 10.6 Å². The van der Waals surface area contributed by atoms with E-state index < -0.39 is 0 Å². The first-order valence-electron chi connectivity index (χ1n) is 11.3. The van der Waals surface area contributed by atoms with Crippen molar-refractivity contribution in [2.24, 2.45) is 4.99 Å². The summed E-state index contributed by atoms with van der Waals surface area (Å²) in [5.41, 5.74) is 2.66. The van der Waals surface area contributed by atoms with Crippen LogP contribution in [0.3, 0.4) is 0 Å². The Balaban J connectivity index is 0.00000320. The fourth-order valence-corrected chi connectivity index (χ4v) is 4.24. The second kappa shape index (κ2) is 14.2. The van der Waals surface area contributed by atoms with E-state index in [4.69, 9.17) is 4.74 Å². The third-order valence-corrected chi connectivity index (χ3v) is 6.04. The van der Waals surface area contributed by atoms with Gasteiger partial charge in [0.1, 0.15) is 0 Å². The highest BCUT2D eigenvalue weighted by molar-refractivity contribution is 14.0. The Bertz CT molecular complexity index is 636. The van der Waals surface area contributed by atoms with Crippen molar-refractivity contribution >= 4 is 29.9 Å². The number of nitrogens with zero attached hydrogens (tertiary/aromatic N) is 3. The van der Waals surface area contributed by atoms with Gasteiger partial charge >= 0.3 is 0 Å². The molecule has 0 aromatic heterocycles. The van der Waals surface area contributed by atoms with Crippen LogP contribution in [0.5, 0.6) is 0 Å². The SMILES string of the molecule is CN=C(NCCCN1CCCCC1C)NCc1cccc(CN2CCOCC2)c1.I. The molecule has 1 aromatic carbocycles. The number of guanidine groups is 1. The topological polar surface area (TPSA) is 52.1 Å². The lowest BCUT2D eigenvalue weighted by molar-refractivity contribution is 0.0342. The molecule has 2 saturated heterocycles. The van der Waals surface area contributed by atoms with Crippen LogP contribution in [0.15, 0.2) is 29.3 Å². The molecule has 1 atom stereocenters. The van der Waals surface area contributed by atoms with Gasteiger partial charge in [0, 0.05) is 52.4 Å². The molecule has 0 aliphatic carbocycles. The van der Waals surface area contributed by atoms with E-state index in [-0.39, 0.29) is 24.0 Å². The lowest BCUT2D eigenvalue weighted by Gasteiger charge is -2.33. The standard InChI is InChI=1S/C23H39N5O.HI/c1-20-7-3-4-11-28(20)12-6-10-25-23(24-2)26-18-21-8-5-9-22(17-21)19-27-13-15-29-16-14-27;/h5,8-9,17,20H,3-4,6-7,10-16,18-19H2,1-2H3,(H2,24,25,26);1H. The predicted octanol–water partition coefficient (Wildman–Crippen LogP) is 3.07. The summed E-state index contributed by atoms with van der Waals surface area (Å²) in [5, 5.41) is 6.92. The number of rotatable bonds is 8. The van der Waals surface area contributed by atoms with Crippen molar-refractivity contribution in [2.45, 2.75) is 51.7 Å². The molecule has 170 valence electrons. The smallest absolute Gasteiger partial charge is 0.191 e. The van der Waals surface area contributed by atoms with Gasteiger partial charge in [0.05, 0.1) is 13.2 Å². The van der Waals surface area contributed by atoms with Gasteiger partial charge in [-0.15, -0.1) is 24.0 Å². The molecule has 6 nitrogen and oxygen atoms in total. The van der Waals surface area contributed by atoms with Gasteiger partial charge in [0.2, 0.25) is 0 Å². The molecule has 30 heavy (non-hydrogen) atoms. The maximum Gasteiger partial charge on any atom is 0.191 e. The quantitative estimate of drug-likeness (QED) is 0.235. The first-order valence-corrected chi connectivity index (χ1v) is 11.3. The molecule has 2 N–H and O–H groups in total. The molecule has 1 unspecified atom stereocenters. The third-order valence-electron chi connectivity index (χ3n) is 6.04. The summed E-state index contributed by atoms with van der Waals surface area (Å²) in [5.74, 6) is 0.885. The van der Waals surface area contributed by atoms with Gasteiger partial charge in [-0.1, -0.05) is 30.7 Å². The minimum atomic E-state index is 0. The van der Waals surface area contributed by atoms with E-state index in [1.807, 2.05) is 7.05 Å². The molecule has 7 heteroatoms. The van der Waals surface area contributed by atoms with Crippen LogP contribution in [-0.2, 0) is 17.8 Å². The zero-order valence-corrected chi connectivity index (χ0v) is 21.1. The van der Waals surface area contributed by atoms with Crippen molar-refractivity contribution in [1.29, 1.82) is 0 Å². The molecule has 0 bridgehead atoms. The number of piperidine rings is 1. The van der Waals surface area contributed by atoms with E-state index in [0.717, 1.165) is 64.4 Å². The summed E-state index contributed by atoms with van der Waals surface area (Å²) in [6, 6.07) is 9.59. The van der Waals surface area contributed by atoms with Crippen molar-refractivity contribution in [3.63, 3.8) is 0 Å². The molecule has 2 aliphatic rings. The lowest BCUT2D eigenvalue weighted by atomic mass is 10.0. The minimum Gasteiger partial charge on any atom is -0.379 e. The maximum absolute atomic E-state index is 5.44. The van der Waals surface area contributed by atoms with E-state index in [1.54, 1.807) is 0 Å². The first-order chi connectivity index (χ1) is 14.2. The van der Waals surface area contributed by atoms with Gasteiger partial charge in [-0.25, -0.2) is 0 Å². The highest BCUT2D eigenvalue weighted by atomic mass is 127. The third kappa shape index (κ3) is 8.69. The number of ether oxygens (including phenoxy) is 1. The number of nitrogens with one attached hydrogen (secondary N) is 2. The lowest BCUT2D eigenvalue weighted by Crippen LogP contribution is -2.41. The fourth-order valence-electron chi connectivity index (χ4n) is 4.24. The Labute approximate surface area is 199 Å². The van der Waals surface area contributed by atoms with Crippen LogP contribution in [0.25, 0.3) is 0 Å². The molecular formula is C23H40IN5O. The van der Waals surface area contributed by atoms with Gasteiger partial charge in [-0.05, 0) is 43.9 Å². The Kier molecular flexibility index (Phi) is 12.0. The Morgan fingerprint density at radius 3 is 2.70 bits per heavy atom. The molecule has 2 fully saturated rings. The molecule has 2 aliphatic heterocycles. The average Bonchev–Trinajstić information content (AvgIpc) is 2.75. The Morgan fingerprint density at radius 2 is 1.93 bits per heavy atom. The maximum atomic E-state index is 5.44. The highest BCUT2D eigenvalue weighted by Crippen LogP contribution is 2.16. The van der Waals surface area contributed by atoms with Gasteiger partial charge in [-0.2, -0.15) is 0 Å². The van der Waals surface area contributed by atoms with Gasteiger partial charge in [0.25, 0.3) is 0 Å². The van der Waals surface area contributed by atoms with E-state index in [9.17, 15) is 0 Å². The van der Waals surface area contributed by atoms with Crippen LogP contribution in [0.2, 0.25) is 0 Å². The first kappa shape index (κ1) is 25.4. The van der Waals surface area contributed by atoms with Gasteiger partial charge in [0.15, 0.2) is 5.96 Å². The molecule has 3 rings (SSSR count). The molecule has 1 aromatic rings. The van der Waals surface area contributed by atoms with Gasteiger partial charge < -0.3 is 20.3 Å². The summed E-state index contributed by atoms with van der Waals surface area (Å²) < 4.78 is 5.44. The Morgan fingerprint density at radius 1 is 1.13 bits per heavy atom. The highest BCUT2D eigenvalue weighted by Gasteiger charge is 2.17. The van der Waals surface area contributed by atoms with Crippen LogP contribution in [0, 0.1) is 0 Å². The predicted molar refractivity (Wildman–Crippen MR) is 136 cm³/mol. The number of aliphatic imine (C=N–C) groups is 1. The van der Waals surface area contributed by atoms with Gasteiger partial charge in [-0.3, -0.25) is 9.89 Å².